The van der Waals surface area contributed by atoms with Crippen LogP contribution in [0, 0.1) is 0 Å². The second kappa shape index (κ2) is 7.77. The maximum absolute atomic E-state index is 12.5. The van der Waals surface area contributed by atoms with Gasteiger partial charge >= 0.3 is 6.18 Å². The first-order valence-corrected chi connectivity index (χ1v) is 9.35. The van der Waals surface area contributed by atoms with Crippen LogP contribution in [0.4, 0.5) is 24.5 Å². The van der Waals surface area contributed by atoms with Crippen molar-refractivity contribution in [3.05, 3.63) is 59.7 Å². The molecule has 9 heteroatoms. The lowest BCUT2D eigenvalue weighted by atomic mass is 10.1. The van der Waals surface area contributed by atoms with Gasteiger partial charge in [-0.1, -0.05) is 6.92 Å². The van der Waals surface area contributed by atoms with E-state index < -0.39 is 27.7 Å². The minimum Gasteiger partial charge on any atom is -0.322 e. The average molecular weight is 386 g/mol. The molecule has 2 rings (SSSR count). The van der Waals surface area contributed by atoms with Gasteiger partial charge in [0.15, 0.2) is 0 Å². The summed E-state index contributed by atoms with van der Waals surface area (Å²) in [4.78, 5) is 12.1. The topological polar surface area (TPSA) is 75.3 Å². The number of hydrogen-bond acceptors (Lipinski definition) is 3. The zero-order chi connectivity index (χ0) is 19.4. The molecule has 0 saturated heterocycles. The van der Waals surface area contributed by atoms with Crippen LogP contribution in [0.2, 0.25) is 0 Å². The Morgan fingerprint density at radius 3 is 2.00 bits per heavy atom. The Morgan fingerprint density at radius 2 is 1.50 bits per heavy atom. The zero-order valence-corrected chi connectivity index (χ0v) is 14.6. The van der Waals surface area contributed by atoms with Crippen molar-refractivity contribution in [2.24, 2.45) is 0 Å². The van der Waals surface area contributed by atoms with Crippen molar-refractivity contribution in [3.63, 3.8) is 0 Å². The van der Waals surface area contributed by atoms with E-state index in [1.807, 2.05) is 0 Å². The number of anilines is 2. The lowest BCUT2D eigenvalue weighted by molar-refractivity contribution is -0.137. The molecule has 140 valence electrons. The largest absolute Gasteiger partial charge is 0.416 e. The van der Waals surface area contributed by atoms with Crippen LogP contribution in [0.3, 0.4) is 0 Å². The Balaban J connectivity index is 2.03. The van der Waals surface area contributed by atoms with E-state index in [4.69, 9.17) is 0 Å². The summed E-state index contributed by atoms with van der Waals surface area (Å²) in [7, 11) is -3.41. The molecule has 2 aromatic rings. The number of amides is 1. The normalized spacial score (nSPS) is 11.8. The highest BCUT2D eigenvalue weighted by Gasteiger charge is 2.30. The summed E-state index contributed by atoms with van der Waals surface area (Å²) in [6.07, 6.45) is -3.98. The quantitative estimate of drug-likeness (QED) is 0.785. The van der Waals surface area contributed by atoms with E-state index in [1.54, 1.807) is 6.92 Å². The second-order valence-corrected chi connectivity index (χ2v) is 7.37. The van der Waals surface area contributed by atoms with Gasteiger partial charge in [0.2, 0.25) is 10.0 Å². The molecule has 2 aromatic carbocycles. The summed E-state index contributed by atoms with van der Waals surface area (Å²) >= 11 is 0. The number of benzene rings is 2. The van der Waals surface area contributed by atoms with Crippen LogP contribution in [0.25, 0.3) is 0 Å². The fourth-order valence-corrected chi connectivity index (χ4v) is 3.27. The molecule has 0 radical (unpaired) electrons. The standard InChI is InChI=1S/C17H17F3N2O3S/c1-2-11-26(24,25)22-15-9-7-14(8-10-15)21-16(23)12-3-5-13(6-4-12)17(18,19)20/h3-10,22H,2,11H2,1H3,(H,21,23). The average Bonchev–Trinajstić information content (AvgIpc) is 2.55. The van der Waals surface area contributed by atoms with Gasteiger partial charge in [0, 0.05) is 16.9 Å². The van der Waals surface area contributed by atoms with Crippen LogP contribution in [0.5, 0.6) is 0 Å². The summed E-state index contributed by atoms with van der Waals surface area (Å²) < 4.78 is 63.3. The molecule has 0 atom stereocenters. The predicted molar refractivity (Wildman–Crippen MR) is 93.5 cm³/mol. The minimum absolute atomic E-state index is 0.000587. The number of carbonyl (C=O) groups is 1. The van der Waals surface area contributed by atoms with Crippen molar-refractivity contribution in [2.75, 3.05) is 15.8 Å². The number of alkyl halides is 3. The maximum Gasteiger partial charge on any atom is 0.416 e. The van der Waals surface area contributed by atoms with Crippen LogP contribution in [0.1, 0.15) is 29.3 Å². The number of carbonyl (C=O) groups excluding carboxylic acids is 1. The predicted octanol–water partition coefficient (Wildman–Crippen LogP) is 4.11. The van der Waals surface area contributed by atoms with Crippen molar-refractivity contribution >= 4 is 27.3 Å². The van der Waals surface area contributed by atoms with Gasteiger partial charge in [-0.15, -0.1) is 0 Å². The van der Waals surface area contributed by atoms with Gasteiger partial charge in [0.25, 0.3) is 5.91 Å². The first kappa shape index (κ1) is 19.8. The molecule has 0 unspecified atom stereocenters. The fourth-order valence-electron chi connectivity index (χ4n) is 2.13. The van der Waals surface area contributed by atoms with E-state index in [0.29, 0.717) is 17.8 Å². The van der Waals surface area contributed by atoms with E-state index in [9.17, 15) is 26.4 Å². The molecular weight excluding hydrogens is 369 g/mol. The van der Waals surface area contributed by atoms with Crippen molar-refractivity contribution < 1.29 is 26.4 Å². The Hall–Kier alpha value is -2.55. The van der Waals surface area contributed by atoms with E-state index in [-0.39, 0.29) is 11.3 Å². The first-order valence-electron chi connectivity index (χ1n) is 7.70. The molecule has 0 aliphatic rings. The highest BCUT2D eigenvalue weighted by molar-refractivity contribution is 7.92. The van der Waals surface area contributed by atoms with E-state index in [1.165, 1.54) is 24.3 Å². The molecule has 1 amide bonds. The number of hydrogen-bond donors (Lipinski definition) is 2. The molecular formula is C17H17F3N2O3S. The van der Waals surface area contributed by atoms with Crippen LogP contribution >= 0.6 is 0 Å². The van der Waals surface area contributed by atoms with Gasteiger partial charge in [-0.05, 0) is 55.0 Å². The zero-order valence-electron chi connectivity index (χ0n) is 13.8. The third-order valence-corrected chi connectivity index (χ3v) is 4.86. The van der Waals surface area contributed by atoms with Gasteiger partial charge in [0.05, 0.1) is 11.3 Å². The number of rotatable bonds is 6. The van der Waals surface area contributed by atoms with Crippen LogP contribution in [0.15, 0.2) is 48.5 Å². The third kappa shape index (κ3) is 5.48. The molecule has 0 aromatic heterocycles. The Morgan fingerprint density at radius 1 is 0.962 bits per heavy atom. The van der Waals surface area contributed by atoms with Gasteiger partial charge in [-0.3, -0.25) is 9.52 Å². The summed E-state index contributed by atoms with van der Waals surface area (Å²) in [6.45, 7) is 1.75. The molecule has 0 aliphatic carbocycles. The van der Waals surface area contributed by atoms with E-state index in [0.717, 1.165) is 24.3 Å². The van der Waals surface area contributed by atoms with Crippen LogP contribution in [-0.2, 0) is 16.2 Å². The molecule has 0 saturated carbocycles. The Labute approximate surface area is 149 Å². The number of nitrogens with one attached hydrogen (secondary N) is 2. The van der Waals surface area contributed by atoms with Crippen LogP contribution in [-0.4, -0.2) is 20.1 Å². The van der Waals surface area contributed by atoms with Gasteiger partial charge in [-0.25, -0.2) is 8.42 Å². The molecule has 0 heterocycles. The van der Waals surface area contributed by atoms with Crippen molar-refractivity contribution in [1.82, 2.24) is 0 Å². The highest BCUT2D eigenvalue weighted by Crippen LogP contribution is 2.29. The molecule has 2 N–H and O–H groups in total. The summed E-state index contributed by atoms with van der Waals surface area (Å²) in [6, 6.07) is 9.79. The SMILES string of the molecule is CCCS(=O)(=O)Nc1ccc(NC(=O)c2ccc(C(F)(F)F)cc2)cc1. The summed E-state index contributed by atoms with van der Waals surface area (Å²) in [5, 5.41) is 2.53. The number of sulfonamides is 1. The molecule has 0 aliphatic heterocycles. The lowest BCUT2D eigenvalue weighted by Gasteiger charge is -2.10. The maximum atomic E-state index is 12.5. The Kier molecular flexibility index (Phi) is 5.91. The lowest BCUT2D eigenvalue weighted by Crippen LogP contribution is -2.16. The fraction of sp³-hybridized carbons (Fsp3) is 0.235. The van der Waals surface area contributed by atoms with Crippen LogP contribution < -0.4 is 10.0 Å². The Bertz CT molecular complexity index is 862. The summed E-state index contributed by atoms with van der Waals surface area (Å²) in [5.41, 5.74) is -0.0252. The van der Waals surface area contributed by atoms with Gasteiger partial charge < -0.3 is 5.32 Å². The van der Waals surface area contributed by atoms with Crippen molar-refractivity contribution in [1.29, 1.82) is 0 Å². The monoisotopic (exact) mass is 386 g/mol. The second-order valence-electron chi connectivity index (χ2n) is 5.53. The smallest absolute Gasteiger partial charge is 0.322 e. The van der Waals surface area contributed by atoms with Crippen molar-refractivity contribution in [2.45, 2.75) is 19.5 Å². The van der Waals surface area contributed by atoms with E-state index >= 15 is 0 Å². The molecule has 0 fully saturated rings. The van der Waals surface area contributed by atoms with Crippen molar-refractivity contribution in [3.8, 4) is 0 Å². The molecule has 0 bridgehead atoms. The number of halogens is 3. The molecule has 0 spiro atoms. The highest BCUT2D eigenvalue weighted by atomic mass is 32.2. The van der Waals surface area contributed by atoms with Gasteiger partial charge in [0.1, 0.15) is 0 Å². The minimum atomic E-state index is -4.46. The molecule has 5 nitrogen and oxygen atoms in total. The summed E-state index contributed by atoms with van der Waals surface area (Å²) in [5.74, 6) is -0.572. The molecule has 26 heavy (non-hydrogen) atoms. The van der Waals surface area contributed by atoms with Gasteiger partial charge in [-0.2, -0.15) is 13.2 Å². The first-order chi connectivity index (χ1) is 12.1. The van der Waals surface area contributed by atoms with E-state index in [2.05, 4.69) is 10.0 Å². The third-order valence-electron chi connectivity index (χ3n) is 3.36.